The molecule has 8 rings (SSSR count). The number of aryl methyl sites for hydroxylation is 1. The van der Waals surface area contributed by atoms with Crippen LogP contribution in [-0.4, -0.2) is 3.21 Å². The van der Waals surface area contributed by atoms with Gasteiger partial charge in [0.15, 0.2) is 0 Å². The van der Waals surface area contributed by atoms with Crippen molar-refractivity contribution >= 4 is 15.4 Å². The summed E-state index contributed by atoms with van der Waals surface area (Å²) in [6.45, 7) is 18.0. The maximum Gasteiger partial charge on any atom is -1.00 e. The van der Waals surface area contributed by atoms with Gasteiger partial charge < -0.3 is 24.8 Å². The van der Waals surface area contributed by atoms with Crippen LogP contribution in [0.1, 0.15) is 115 Å². The second-order valence-electron chi connectivity index (χ2n) is 16.8. The van der Waals surface area contributed by atoms with Crippen molar-refractivity contribution in [1.29, 1.82) is 0 Å². The second kappa shape index (κ2) is 16.7. The summed E-state index contributed by atoms with van der Waals surface area (Å²) < 4.78 is 75.6. The van der Waals surface area contributed by atoms with E-state index in [1.54, 1.807) is 0 Å². The molecule has 5 aromatic rings. The van der Waals surface area contributed by atoms with Gasteiger partial charge in [-0.3, -0.25) is 6.08 Å². The predicted octanol–water partition coefficient (Wildman–Crippen LogP) is 7.53. The first-order valence-electron chi connectivity index (χ1n) is 18.3. The van der Waals surface area contributed by atoms with E-state index < -0.39 is 23.5 Å². The molecule has 0 nitrogen and oxygen atoms in total. The summed E-state index contributed by atoms with van der Waals surface area (Å²) >= 11 is 0.898. The van der Waals surface area contributed by atoms with Crippen molar-refractivity contribution in [1.82, 2.24) is 0 Å². The molecule has 3 aliphatic rings. The van der Waals surface area contributed by atoms with Gasteiger partial charge >= 0.3 is 137 Å². The summed E-state index contributed by atoms with van der Waals surface area (Å²) in [5, 5.41) is 0. The topological polar surface area (TPSA) is 0 Å². The molecule has 0 saturated carbocycles. The van der Waals surface area contributed by atoms with Gasteiger partial charge in [-0.15, -0.1) is 11.6 Å². The number of halogens is 8. The Bertz CT molecular complexity index is 2170. The van der Waals surface area contributed by atoms with E-state index in [0.29, 0.717) is 19.7 Å². The van der Waals surface area contributed by atoms with E-state index in [2.05, 4.69) is 122 Å². The van der Waals surface area contributed by atoms with Crippen LogP contribution >= 0.6 is 0 Å². The van der Waals surface area contributed by atoms with Gasteiger partial charge in [0.1, 0.15) is 0 Å². The zero-order valence-electron chi connectivity index (χ0n) is 33.1. The first-order chi connectivity index (χ1) is 25.4. The summed E-state index contributed by atoms with van der Waals surface area (Å²) in [5.41, 5.74) is 14.4. The van der Waals surface area contributed by atoms with E-state index in [-0.39, 0.29) is 35.6 Å². The maximum absolute atomic E-state index is 12.5. The molecule has 3 aliphatic carbocycles. The van der Waals surface area contributed by atoms with Crippen molar-refractivity contribution in [3.63, 3.8) is 0 Å². The molecule has 0 spiro atoms. The Morgan fingerprint density at radius 2 is 1.14 bits per heavy atom. The van der Waals surface area contributed by atoms with E-state index >= 15 is 0 Å². The Balaban J connectivity index is 0.000000200. The normalized spacial score (nSPS) is 15.1. The van der Waals surface area contributed by atoms with Gasteiger partial charge in [-0.25, -0.2) is 12.1 Å². The summed E-state index contributed by atoms with van der Waals surface area (Å²) in [5.74, 6) is 0. The first-order valence-corrected chi connectivity index (χ1v) is 19.5. The molecule has 0 amide bonds. The molecule has 0 aliphatic heterocycles. The molecule has 0 radical (unpaired) electrons. The van der Waals surface area contributed by atoms with E-state index in [1.807, 2.05) is 0 Å². The molecule has 298 valence electrons. The van der Waals surface area contributed by atoms with Crippen LogP contribution < -0.4 is 24.8 Å². The average Bonchev–Trinajstić information content (AvgIpc) is 3.86. The minimum Gasteiger partial charge on any atom is -1.00 e. The largest absolute Gasteiger partial charge is 1.00 e. The van der Waals surface area contributed by atoms with Gasteiger partial charge in [-0.05, 0) is 45.9 Å². The fraction of sp³-hybridized carbons (Fsp3) is 0.292. The number of rotatable bonds is 2. The zero-order valence-corrected chi connectivity index (χ0v) is 37.1. The third-order valence-electron chi connectivity index (χ3n) is 10.6. The van der Waals surface area contributed by atoms with Gasteiger partial charge in [0.2, 0.25) is 0 Å². The van der Waals surface area contributed by atoms with Gasteiger partial charge in [0.25, 0.3) is 0 Å². The van der Waals surface area contributed by atoms with Crippen LogP contribution in [0.15, 0.2) is 97.1 Å². The van der Waals surface area contributed by atoms with Crippen LogP contribution in [0.4, 0.5) is 26.3 Å². The SMILES string of the molecule is CC1(C)[C-]=Cc2cc3c(cc21)Cc1cc2c(cc1-3)C=CC2(C)C.Cc1cc(C(C)(C)C)c[cH-]1.FC(F)(F)c1ccc([C](=[Zr+2])c2ccc(C(F)(F)F)cc2)cc1.[Cl-].[Cl-]. The molecular weight excluding hydrogens is 853 g/mol. The number of hydrogen-bond donors (Lipinski definition) is 0. The van der Waals surface area contributed by atoms with Crippen molar-refractivity contribution in [2.45, 2.75) is 90.4 Å². The molecule has 0 heterocycles. The quantitative estimate of drug-likeness (QED) is 0.125. The van der Waals surface area contributed by atoms with E-state index in [9.17, 15) is 26.3 Å². The Hall–Kier alpha value is -3.38. The first kappa shape index (κ1) is 46.3. The van der Waals surface area contributed by atoms with E-state index in [0.717, 1.165) is 54.9 Å². The van der Waals surface area contributed by atoms with Gasteiger partial charge in [0, 0.05) is 5.41 Å². The number of hydrogen-bond acceptors (Lipinski definition) is 0. The molecule has 0 fully saturated rings. The monoisotopic (exact) mass is 894 g/mol. The van der Waals surface area contributed by atoms with Gasteiger partial charge in [-0.2, -0.15) is 28.8 Å². The molecule has 9 heteroatoms. The third-order valence-corrected chi connectivity index (χ3v) is 12.1. The predicted molar refractivity (Wildman–Crippen MR) is 209 cm³/mol. The molecule has 0 N–H and O–H groups in total. The molecule has 5 aromatic carbocycles. The van der Waals surface area contributed by atoms with Crippen LogP contribution in [-0.2, 0) is 59.3 Å². The van der Waals surface area contributed by atoms with E-state index in [4.69, 9.17) is 0 Å². The van der Waals surface area contributed by atoms with Crippen molar-refractivity contribution < 1.29 is 75.4 Å². The minimum absolute atomic E-state index is 0. The maximum atomic E-state index is 12.5. The average molecular weight is 897 g/mol. The van der Waals surface area contributed by atoms with Gasteiger partial charge in [0.05, 0.1) is 0 Å². The molecule has 0 atom stereocenters. The number of alkyl halides is 6. The smallest absolute Gasteiger partial charge is 1.00 e. The Labute approximate surface area is 360 Å². The van der Waals surface area contributed by atoms with E-state index in [1.165, 1.54) is 79.9 Å². The van der Waals surface area contributed by atoms with Crippen LogP contribution in [0.2, 0.25) is 0 Å². The zero-order chi connectivity index (χ0) is 40.3. The van der Waals surface area contributed by atoms with Crippen molar-refractivity contribution in [3.8, 4) is 11.1 Å². The summed E-state index contributed by atoms with van der Waals surface area (Å²) in [7, 11) is 0. The number of benzene rings is 4. The number of fused-ring (bicyclic) bond motifs is 5. The fourth-order valence-electron chi connectivity index (χ4n) is 7.25. The second-order valence-corrected chi connectivity index (χ2v) is 18.0. The Kier molecular flexibility index (Phi) is 13.6. The number of allylic oxidation sites excluding steroid dienone is 2. The van der Waals surface area contributed by atoms with Crippen LogP contribution in [0.3, 0.4) is 0 Å². The van der Waals surface area contributed by atoms with Crippen LogP contribution in [0, 0.1) is 13.0 Å². The van der Waals surface area contributed by atoms with Crippen LogP contribution in [0.25, 0.3) is 23.3 Å². The van der Waals surface area contributed by atoms with Crippen molar-refractivity contribution in [2.24, 2.45) is 0 Å². The van der Waals surface area contributed by atoms with Crippen LogP contribution in [0.5, 0.6) is 0 Å². The molecule has 0 unspecified atom stereocenters. The molecular formula is C48H44Cl2F6Zr-2. The van der Waals surface area contributed by atoms with Crippen molar-refractivity contribution in [2.75, 3.05) is 0 Å². The Morgan fingerprint density at radius 3 is 1.56 bits per heavy atom. The minimum atomic E-state index is -4.41. The van der Waals surface area contributed by atoms with Gasteiger partial charge in [-0.1, -0.05) is 90.5 Å². The third kappa shape index (κ3) is 10.1. The molecule has 0 bridgehead atoms. The Morgan fingerprint density at radius 1 is 0.667 bits per heavy atom. The summed E-state index contributed by atoms with van der Waals surface area (Å²) in [4.78, 5) is 0. The van der Waals surface area contributed by atoms with Crippen molar-refractivity contribution in [3.05, 3.63) is 170 Å². The molecule has 0 saturated heterocycles. The summed E-state index contributed by atoms with van der Waals surface area (Å²) in [6, 6.07) is 25.4. The molecule has 0 aromatic heterocycles. The summed E-state index contributed by atoms with van der Waals surface area (Å²) in [6.07, 6.45) is 2.54. The molecule has 57 heavy (non-hydrogen) atoms. The fourth-order valence-corrected chi connectivity index (χ4v) is 8.07. The standard InChI is InChI=1S/C23H21.C15H8F6.C10H15.2ClH.Zr/c1-22(2)7-5-14-10-18-16(12-20(14)22)9-17-13-21-15(11-19(17)18)6-8-23(21,3)4;16-14(17,18)12-5-1-10(2-6-12)9-11-3-7-13(8-4-11)15(19,20)21;1-8-5-6-9(7-8)10(2,3)4;;;/h5-7,10-13H,9H2,1-4H3;1-8H;5-7H,1-4H3;2*1H;/q-1;;-1;;;+2/p-2.